The largest absolute Gasteiger partial charge is 2.00 e. The van der Waals surface area contributed by atoms with E-state index in [0.29, 0.717) is 9.28 Å². The third-order valence-electron chi connectivity index (χ3n) is 4.94. The zero-order valence-corrected chi connectivity index (χ0v) is 22.9. The van der Waals surface area contributed by atoms with Gasteiger partial charge in [-0.05, 0) is 36.1 Å². The quantitative estimate of drug-likeness (QED) is 0.261. The second kappa shape index (κ2) is 13.8. The summed E-state index contributed by atoms with van der Waals surface area (Å²) < 4.78 is 4.42. The molecule has 0 aliphatic heterocycles. The smallest absolute Gasteiger partial charge is 0.870 e. The minimum Gasteiger partial charge on any atom is -0.870 e. The van der Waals surface area contributed by atoms with E-state index in [0.717, 1.165) is 25.9 Å². The van der Waals surface area contributed by atoms with Gasteiger partial charge in [0.2, 0.25) is 0 Å². The van der Waals surface area contributed by atoms with E-state index in [1.807, 2.05) is 57.9 Å². The second-order valence-electron chi connectivity index (χ2n) is 7.21. The first kappa shape index (κ1) is 26.7. The van der Waals surface area contributed by atoms with Crippen LogP contribution in [0.3, 0.4) is 0 Å². The molecule has 0 atom stereocenters. The number of aryl methyl sites for hydroxylation is 4. The molecule has 4 nitrogen and oxygen atoms in total. The van der Waals surface area contributed by atoms with Gasteiger partial charge in [-0.15, -0.1) is 0 Å². The molecule has 0 radical (unpaired) electrons. The molecule has 0 saturated heterocycles. The molecule has 164 valence electrons. The Hall–Kier alpha value is -2.60. The summed E-state index contributed by atoms with van der Waals surface area (Å²) in [6, 6.07) is 26.8. The van der Waals surface area contributed by atoms with E-state index in [4.69, 9.17) is 24.4 Å². The van der Waals surface area contributed by atoms with Crippen LogP contribution in [0.15, 0.2) is 97.3 Å². The first-order chi connectivity index (χ1) is 15.5. The van der Waals surface area contributed by atoms with Crippen molar-refractivity contribution in [3.8, 4) is 11.5 Å². The number of pyridine rings is 2. The van der Waals surface area contributed by atoms with Crippen LogP contribution in [-0.4, -0.2) is 9.13 Å². The molecule has 0 N–H and O–H groups in total. The van der Waals surface area contributed by atoms with Gasteiger partial charge in [0, 0.05) is 25.5 Å². The maximum absolute atomic E-state index is 11.3. The van der Waals surface area contributed by atoms with Crippen molar-refractivity contribution in [3.63, 3.8) is 0 Å². The van der Waals surface area contributed by atoms with Crippen molar-refractivity contribution in [2.45, 2.75) is 25.9 Å². The standard InChI is InChI=1S/2C13H13NOS.Zn/c2*15-12-7-4-9-14(13(12)16)10-8-11-5-2-1-3-6-11;/h2*1-7,9,15H,8,10H2;/q;;+2/p-2. The van der Waals surface area contributed by atoms with Gasteiger partial charge in [0.15, 0.2) is 0 Å². The Morgan fingerprint density at radius 3 is 1.27 bits per heavy atom. The number of hydrogen-bond donors (Lipinski definition) is 0. The monoisotopic (exact) mass is 524 g/mol. The third-order valence-corrected chi connectivity index (χ3v) is 5.81. The topological polar surface area (TPSA) is 56.0 Å². The van der Waals surface area contributed by atoms with Crippen molar-refractivity contribution >= 4 is 24.4 Å². The van der Waals surface area contributed by atoms with Crippen molar-refractivity contribution < 1.29 is 29.7 Å². The summed E-state index contributed by atoms with van der Waals surface area (Å²) in [4.78, 5) is 0. The number of aromatic nitrogens is 2. The van der Waals surface area contributed by atoms with Gasteiger partial charge in [-0.25, -0.2) is 0 Å². The number of rotatable bonds is 6. The van der Waals surface area contributed by atoms with Gasteiger partial charge >= 0.3 is 19.5 Å². The fourth-order valence-electron chi connectivity index (χ4n) is 3.17. The summed E-state index contributed by atoms with van der Waals surface area (Å²) in [5.74, 6) is -0.156. The Kier molecular flexibility index (Phi) is 11.2. The molecule has 2 aromatic heterocycles. The van der Waals surface area contributed by atoms with Gasteiger partial charge in [-0.3, -0.25) is 0 Å². The van der Waals surface area contributed by atoms with Gasteiger partial charge in [-0.2, -0.15) is 0 Å². The Bertz CT molecular complexity index is 1140. The molecule has 0 amide bonds. The van der Waals surface area contributed by atoms with Crippen LogP contribution in [0.1, 0.15) is 11.1 Å². The van der Waals surface area contributed by atoms with Crippen molar-refractivity contribution in [2.24, 2.45) is 0 Å². The Morgan fingerprint density at radius 1 is 0.545 bits per heavy atom. The first-order valence-electron chi connectivity index (χ1n) is 10.4. The predicted molar refractivity (Wildman–Crippen MR) is 130 cm³/mol. The van der Waals surface area contributed by atoms with Crippen LogP contribution in [0, 0.1) is 9.28 Å². The van der Waals surface area contributed by atoms with E-state index in [1.54, 1.807) is 12.1 Å². The van der Waals surface area contributed by atoms with Crippen LogP contribution in [0.4, 0.5) is 0 Å². The molecule has 0 aliphatic carbocycles. The van der Waals surface area contributed by atoms with Crippen LogP contribution >= 0.6 is 24.4 Å². The molecule has 0 aliphatic rings. The maximum atomic E-state index is 11.3. The summed E-state index contributed by atoms with van der Waals surface area (Å²) >= 11 is 10.1. The fraction of sp³-hybridized carbons (Fsp3) is 0.154. The second-order valence-corrected chi connectivity index (χ2v) is 7.99. The summed E-state index contributed by atoms with van der Waals surface area (Å²) in [5, 5.41) is 22.7. The molecule has 4 rings (SSSR count). The van der Waals surface area contributed by atoms with E-state index in [1.165, 1.54) is 23.3 Å². The molecule has 7 heteroatoms. The van der Waals surface area contributed by atoms with Gasteiger partial charge in [-0.1, -0.05) is 109 Å². The molecule has 2 heterocycles. The summed E-state index contributed by atoms with van der Waals surface area (Å²) in [6.45, 7) is 1.50. The van der Waals surface area contributed by atoms with Crippen molar-refractivity contribution in [1.29, 1.82) is 0 Å². The Labute approximate surface area is 217 Å². The molecular formula is C26H24N2O2S2Zn. The van der Waals surface area contributed by atoms with Gasteiger partial charge < -0.3 is 19.3 Å². The van der Waals surface area contributed by atoms with E-state index in [-0.39, 0.29) is 31.0 Å². The SMILES string of the molecule is [O-]c1cccn(CCc2ccccc2)c1=S.[O-]c1cccn(CCc2ccccc2)c1=S.[Zn+2]. The molecular weight excluding hydrogens is 502 g/mol. The maximum Gasteiger partial charge on any atom is 2.00 e. The van der Waals surface area contributed by atoms with Gasteiger partial charge in [0.05, 0.1) is 9.28 Å². The fourth-order valence-corrected chi connectivity index (χ4v) is 3.61. The van der Waals surface area contributed by atoms with Gasteiger partial charge in [0.25, 0.3) is 0 Å². The van der Waals surface area contributed by atoms with Gasteiger partial charge in [0.1, 0.15) is 0 Å². The summed E-state index contributed by atoms with van der Waals surface area (Å²) in [5.41, 5.74) is 2.50. The molecule has 0 unspecified atom stereocenters. The molecule has 0 saturated carbocycles. The molecule has 0 spiro atoms. The molecule has 0 fully saturated rings. The van der Waals surface area contributed by atoms with Crippen LogP contribution in [-0.2, 0) is 45.4 Å². The van der Waals surface area contributed by atoms with E-state index < -0.39 is 0 Å². The molecule has 0 bridgehead atoms. The van der Waals surface area contributed by atoms with E-state index in [9.17, 15) is 10.2 Å². The van der Waals surface area contributed by atoms with Crippen LogP contribution in [0.2, 0.25) is 0 Å². The molecule has 33 heavy (non-hydrogen) atoms. The first-order valence-corrected chi connectivity index (χ1v) is 11.2. The van der Waals surface area contributed by atoms with Crippen LogP contribution in [0.25, 0.3) is 0 Å². The van der Waals surface area contributed by atoms with Crippen molar-refractivity contribution in [3.05, 3.63) is 118 Å². The van der Waals surface area contributed by atoms with Crippen molar-refractivity contribution in [2.75, 3.05) is 0 Å². The van der Waals surface area contributed by atoms with Crippen molar-refractivity contribution in [1.82, 2.24) is 9.13 Å². The number of hydrogen-bond acceptors (Lipinski definition) is 4. The Balaban J connectivity index is 0.000000227. The number of nitrogens with zero attached hydrogens (tertiary/aromatic N) is 2. The average Bonchev–Trinajstić information content (AvgIpc) is 2.83. The zero-order chi connectivity index (χ0) is 22.8. The van der Waals surface area contributed by atoms with Crippen LogP contribution < -0.4 is 10.2 Å². The normalized spacial score (nSPS) is 9.94. The molecule has 2 aromatic carbocycles. The summed E-state index contributed by atoms with van der Waals surface area (Å²) in [6.07, 6.45) is 5.48. The third kappa shape index (κ3) is 8.36. The number of benzene rings is 2. The molecule has 4 aromatic rings. The minimum absolute atomic E-state index is 0. The van der Waals surface area contributed by atoms with E-state index >= 15 is 0 Å². The zero-order valence-electron chi connectivity index (χ0n) is 18.3. The Morgan fingerprint density at radius 2 is 0.909 bits per heavy atom. The van der Waals surface area contributed by atoms with Crippen LogP contribution in [0.5, 0.6) is 11.5 Å². The van der Waals surface area contributed by atoms with E-state index in [2.05, 4.69) is 24.3 Å². The minimum atomic E-state index is -0.0782. The predicted octanol–water partition coefficient (Wildman–Crippen LogP) is 5.07. The summed E-state index contributed by atoms with van der Waals surface area (Å²) in [7, 11) is 0. The average molecular weight is 526 g/mol.